The summed E-state index contributed by atoms with van der Waals surface area (Å²) in [7, 11) is 0. The Balaban J connectivity index is 2.01. The van der Waals surface area contributed by atoms with Crippen LogP contribution in [0.2, 0.25) is 0 Å². The van der Waals surface area contributed by atoms with Gasteiger partial charge in [-0.15, -0.1) is 0 Å². The molecule has 100 valence electrons. The molecule has 0 spiro atoms. The Kier molecular flexibility index (Phi) is 2.82. The molecule has 2 aromatic rings. The number of rotatable bonds is 2. The summed E-state index contributed by atoms with van der Waals surface area (Å²) < 4.78 is 5.67. The molecule has 19 heavy (non-hydrogen) atoms. The van der Waals surface area contributed by atoms with Crippen LogP contribution in [0.25, 0.3) is 10.9 Å². The van der Waals surface area contributed by atoms with Gasteiger partial charge in [0.15, 0.2) is 0 Å². The molecule has 0 bridgehead atoms. The summed E-state index contributed by atoms with van der Waals surface area (Å²) in [6.45, 7) is 5.12. The van der Waals surface area contributed by atoms with Gasteiger partial charge in [0.1, 0.15) is 0 Å². The van der Waals surface area contributed by atoms with Crippen LogP contribution in [0.1, 0.15) is 20.3 Å². The highest BCUT2D eigenvalue weighted by atomic mass is 16.5. The Labute approximate surface area is 113 Å². The summed E-state index contributed by atoms with van der Waals surface area (Å²) in [5.41, 5.74) is 8.51. The maximum Gasteiger partial charge on any atom is 0.0774 e. The fourth-order valence-electron chi connectivity index (χ4n) is 2.58. The number of fused-ring (bicyclic) bond motifs is 1. The lowest BCUT2D eigenvalue weighted by atomic mass is 9.94. The number of hydrogen-bond acceptors (Lipinski definition) is 4. The highest BCUT2D eigenvalue weighted by Crippen LogP contribution is 2.32. The number of aromatic nitrogens is 1. The monoisotopic (exact) mass is 257 g/mol. The molecule has 1 aromatic carbocycles. The van der Waals surface area contributed by atoms with E-state index in [0.717, 1.165) is 35.3 Å². The second-order valence-electron chi connectivity index (χ2n) is 5.44. The summed E-state index contributed by atoms with van der Waals surface area (Å²) in [5, 5.41) is 4.72. The van der Waals surface area contributed by atoms with Crippen molar-refractivity contribution in [3.05, 3.63) is 30.5 Å². The zero-order chi connectivity index (χ0) is 13.5. The van der Waals surface area contributed by atoms with Crippen molar-refractivity contribution < 1.29 is 4.74 Å². The molecule has 0 aliphatic carbocycles. The van der Waals surface area contributed by atoms with Gasteiger partial charge in [-0.25, -0.2) is 0 Å². The molecule has 1 aliphatic rings. The molecule has 0 radical (unpaired) electrons. The second kappa shape index (κ2) is 4.38. The van der Waals surface area contributed by atoms with Gasteiger partial charge in [0, 0.05) is 29.6 Å². The van der Waals surface area contributed by atoms with Crippen molar-refractivity contribution in [3.63, 3.8) is 0 Å². The zero-order valence-corrected chi connectivity index (χ0v) is 11.3. The van der Waals surface area contributed by atoms with E-state index >= 15 is 0 Å². The number of anilines is 2. The van der Waals surface area contributed by atoms with Gasteiger partial charge in [-0.3, -0.25) is 4.98 Å². The number of hydrogen-bond donors (Lipinski definition) is 2. The molecule has 2 unspecified atom stereocenters. The lowest BCUT2D eigenvalue weighted by Crippen LogP contribution is -2.41. The number of nitrogens with two attached hydrogens (primary N) is 1. The maximum atomic E-state index is 5.81. The summed E-state index contributed by atoms with van der Waals surface area (Å²) in [6, 6.07) is 7.84. The molecule has 4 nitrogen and oxygen atoms in total. The molecule has 0 saturated carbocycles. The van der Waals surface area contributed by atoms with Crippen LogP contribution in [0.15, 0.2) is 30.5 Å². The number of nitrogen functional groups attached to an aromatic ring is 1. The van der Waals surface area contributed by atoms with Crippen molar-refractivity contribution >= 4 is 22.3 Å². The fourth-order valence-corrected chi connectivity index (χ4v) is 2.58. The molecule has 4 heteroatoms. The molecule has 0 amide bonds. The van der Waals surface area contributed by atoms with Gasteiger partial charge < -0.3 is 15.8 Å². The molecule has 2 heterocycles. The molecule has 1 saturated heterocycles. The third-order valence-electron chi connectivity index (χ3n) is 4.07. The van der Waals surface area contributed by atoms with E-state index in [-0.39, 0.29) is 11.6 Å². The third kappa shape index (κ3) is 2.12. The van der Waals surface area contributed by atoms with Crippen LogP contribution >= 0.6 is 0 Å². The topological polar surface area (TPSA) is 60.2 Å². The van der Waals surface area contributed by atoms with Gasteiger partial charge in [0.25, 0.3) is 0 Å². The van der Waals surface area contributed by atoms with Crippen LogP contribution in [0, 0.1) is 0 Å². The average molecular weight is 257 g/mol. The van der Waals surface area contributed by atoms with Crippen molar-refractivity contribution in [2.45, 2.75) is 31.9 Å². The van der Waals surface area contributed by atoms with Crippen LogP contribution in [0.5, 0.6) is 0 Å². The van der Waals surface area contributed by atoms with Crippen LogP contribution < -0.4 is 11.1 Å². The van der Waals surface area contributed by atoms with Crippen molar-refractivity contribution in [3.8, 4) is 0 Å². The molecule has 3 rings (SSSR count). The largest absolute Gasteiger partial charge is 0.399 e. The minimum absolute atomic E-state index is 0.0321. The van der Waals surface area contributed by atoms with Crippen LogP contribution in [0.3, 0.4) is 0 Å². The molecule has 2 atom stereocenters. The summed E-state index contributed by atoms with van der Waals surface area (Å²) >= 11 is 0. The lowest BCUT2D eigenvalue weighted by molar-refractivity contribution is 0.105. The van der Waals surface area contributed by atoms with Gasteiger partial charge >= 0.3 is 0 Å². The van der Waals surface area contributed by atoms with Crippen molar-refractivity contribution in [1.29, 1.82) is 0 Å². The average Bonchev–Trinajstić information content (AvgIpc) is 2.69. The minimum atomic E-state index is -0.0321. The first kappa shape index (κ1) is 12.2. The fraction of sp³-hybridized carbons (Fsp3) is 0.400. The maximum absolute atomic E-state index is 5.81. The number of benzene rings is 1. The Hall–Kier alpha value is -1.81. The zero-order valence-electron chi connectivity index (χ0n) is 11.3. The third-order valence-corrected chi connectivity index (χ3v) is 4.07. The SMILES string of the molecule is CC1OCCC1(C)Nc1ccnc2cc(N)ccc12. The first-order chi connectivity index (χ1) is 9.08. The summed E-state index contributed by atoms with van der Waals surface area (Å²) in [6.07, 6.45) is 3.02. The smallest absolute Gasteiger partial charge is 0.0774 e. The number of nitrogens with zero attached hydrogens (tertiary/aromatic N) is 1. The van der Waals surface area contributed by atoms with E-state index < -0.39 is 0 Å². The Morgan fingerprint density at radius 3 is 3.00 bits per heavy atom. The van der Waals surface area contributed by atoms with Crippen molar-refractivity contribution in [2.24, 2.45) is 0 Å². The number of pyridine rings is 1. The van der Waals surface area contributed by atoms with E-state index in [2.05, 4.69) is 24.1 Å². The van der Waals surface area contributed by atoms with E-state index in [1.807, 2.05) is 30.5 Å². The second-order valence-corrected chi connectivity index (χ2v) is 5.44. The van der Waals surface area contributed by atoms with E-state index in [9.17, 15) is 0 Å². The van der Waals surface area contributed by atoms with Gasteiger partial charge in [0.05, 0.1) is 17.2 Å². The molecular weight excluding hydrogens is 238 g/mol. The lowest BCUT2D eigenvalue weighted by Gasteiger charge is -2.30. The van der Waals surface area contributed by atoms with Gasteiger partial charge in [-0.05, 0) is 44.5 Å². The molecule has 1 aliphatic heterocycles. The quantitative estimate of drug-likeness (QED) is 0.812. The first-order valence-electron chi connectivity index (χ1n) is 6.62. The van der Waals surface area contributed by atoms with Crippen LogP contribution in [-0.4, -0.2) is 23.2 Å². The van der Waals surface area contributed by atoms with E-state index in [1.165, 1.54) is 0 Å². The van der Waals surface area contributed by atoms with Crippen molar-refractivity contribution in [2.75, 3.05) is 17.7 Å². The summed E-state index contributed by atoms with van der Waals surface area (Å²) in [4.78, 5) is 4.37. The molecular formula is C15H19N3O. The standard InChI is InChI=1S/C15H19N3O/c1-10-15(2,6-8-19-10)18-13-5-7-17-14-9-11(16)3-4-12(13)14/h3-5,7,9-10H,6,8,16H2,1-2H3,(H,17,18). The molecule has 1 fully saturated rings. The number of nitrogens with one attached hydrogen (secondary N) is 1. The first-order valence-corrected chi connectivity index (χ1v) is 6.62. The van der Waals surface area contributed by atoms with E-state index in [0.29, 0.717) is 0 Å². The van der Waals surface area contributed by atoms with Gasteiger partial charge in [-0.2, -0.15) is 0 Å². The van der Waals surface area contributed by atoms with Crippen LogP contribution in [0.4, 0.5) is 11.4 Å². The highest BCUT2D eigenvalue weighted by Gasteiger charge is 2.37. The Morgan fingerprint density at radius 1 is 1.42 bits per heavy atom. The van der Waals surface area contributed by atoms with Crippen molar-refractivity contribution in [1.82, 2.24) is 4.98 Å². The molecule has 3 N–H and O–H groups in total. The van der Waals surface area contributed by atoms with E-state index in [4.69, 9.17) is 10.5 Å². The Morgan fingerprint density at radius 2 is 2.26 bits per heavy atom. The van der Waals surface area contributed by atoms with Gasteiger partial charge in [-0.1, -0.05) is 0 Å². The normalized spacial score (nSPS) is 26.7. The highest BCUT2D eigenvalue weighted by molar-refractivity contribution is 5.93. The Bertz CT molecular complexity index is 613. The van der Waals surface area contributed by atoms with E-state index in [1.54, 1.807) is 0 Å². The predicted molar refractivity (Wildman–Crippen MR) is 78.2 cm³/mol. The summed E-state index contributed by atoms with van der Waals surface area (Å²) in [5.74, 6) is 0. The molecule has 1 aromatic heterocycles. The van der Waals surface area contributed by atoms with Crippen LogP contribution in [-0.2, 0) is 4.74 Å². The number of ether oxygens (including phenoxy) is 1. The minimum Gasteiger partial charge on any atom is -0.399 e. The predicted octanol–water partition coefficient (Wildman–Crippen LogP) is 2.80. The van der Waals surface area contributed by atoms with Gasteiger partial charge in [0.2, 0.25) is 0 Å².